The fraction of sp³-hybridized carbons (Fsp3) is 0.357. The molecule has 2 aromatic rings. The van der Waals surface area contributed by atoms with Crippen molar-refractivity contribution in [1.82, 2.24) is 20.2 Å². The third-order valence-electron chi connectivity index (χ3n) is 2.96. The van der Waals surface area contributed by atoms with Gasteiger partial charge in [0.25, 0.3) is 11.5 Å². The minimum atomic E-state index is -0.729. The maximum Gasteiger partial charge on any atom is 0.321 e. The number of nitrogens with one attached hydrogen (secondary N) is 2. The Labute approximate surface area is 140 Å². The second-order valence-corrected chi connectivity index (χ2v) is 5.60. The minimum absolute atomic E-state index is 0.0916. The van der Waals surface area contributed by atoms with Gasteiger partial charge in [0.1, 0.15) is 4.83 Å². The van der Waals surface area contributed by atoms with Crippen molar-refractivity contribution in [3.05, 3.63) is 28.1 Å². The van der Waals surface area contributed by atoms with Gasteiger partial charge in [-0.3, -0.25) is 24.3 Å². The first-order valence-electron chi connectivity index (χ1n) is 7.17. The molecular weight excluding hydrogens is 336 g/mol. The quantitative estimate of drug-likeness (QED) is 0.719. The lowest BCUT2D eigenvalue weighted by Crippen LogP contribution is -2.41. The van der Waals surface area contributed by atoms with Crippen LogP contribution in [-0.2, 0) is 20.9 Å². The first kappa shape index (κ1) is 17.6. The van der Waals surface area contributed by atoms with Gasteiger partial charge in [-0.05, 0) is 18.4 Å². The fourth-order valence-electron chi connectivity index (χ4n) is 1.85. The summed E-state index contributed by atoms with van der Waals surface area (Å²) in [4.78, 5) is 51.0. The molecule has 128 valence electrons. The summed E-state index contributed by atoms with van der Waals surface area (Å²) in [6, 6.07) is 1.02. The number of nitrogens with zero attached hydrogens (tertiary/aromatic N) is 2. The number of fused-ring (bicyclic) bond motifs is 1. The van der Waals surface area contributed by atoms with E-state index in [4.69, 9.17) is 4.74 Å². The molecule has 0 aliphatic heterocycles. The van der Waals surface area contributed by atoms with Crippen LogP contribution < -0.4 is 16.2 Å². The third kappa shape index (κ3) is 4.62. The van der Waals surface area contributed by atoms with E-state index >= 15 is 0 Å². The topological polar surface area (TPSA) is 119 Å². The van der Waals surface area contributed by atoms with E-state index in [1.165, 1.54) is 22.2 Å². The van der Waals surface area contributed by atoms with Gasteiger partial charge >= 0.3 is 12.0 Å². The summed E-state index contributed by atoms with van der Waals surface area (Å²) in [7, 11) is 0. The van der Waals surface area contributed by atoms with Crippen molar-refractivity contribution >= 4 is 39.5 Å². The monoisotopic (exact) mass is 352 g/mol. The van der Waals surface area contributed by atoms with Crippen LogP contribution in [0, 0.1) is 0 Å². The number of amides is 3. The molecule has 10 heteroatoms. The summed E-state index contributed by atoms with van der Waals surface area (Å²) in [5.74, 6) is -1.38. The van der Waals surface area contributed by atoms with Crippen molar-refractivity contribution in [3.8, 4) is 0 Å². The van der Waals surface area contributed by atoms with Crippen LogP contribution in [0.2, 0.25) is 0 Å². The Morgan fingerprint density at radius 2 is 2.17 bits per heavy atom. The summed E-state index contributed by atoms with van der Waals surface area (Å²) in [6.45, 7) is 1.60. The van der Waals surface area contributed by atoms with Crippen LogP contribution in [0.4, 0.5) is 4.79 Å². The van der Waals surface area contributed by atoms with E-state index < -0.39 is 24.5 Å². The van der Waals surface area contributed by atoms with Crippen molar-refractivity contribution < 1.29 is 19.1 Å². The number of aryl methyl sites for hydroxylation is 1. The molecule has 0 saturated heterocycles. The molecule has 0 aromatic carbocycles. The molecule has 0 saturated carbocycles. The second kappa shape index (κ2) is 8.20. The number of hydrogen-bond acceptors (Lipinski definition) is 7. The lowest BCUT2D eigenvalue weighted by molar-refractivity contribution is -0.148. The zero-order valence-electron chi connectivity index (χ0n) is 12.9. The SMILES string of the molecule is CCNC(=O)NC(=O)COC(=O)CCn1cnc2sccc2c1=O. The molecule has 2 rings (SSSR count). The summed E-state index contributed by atoms with van der Waals surface area (Å²) in [5, 5.41) is 6.65. The molecule has 0 atom stereocenters. The Balaban J connectivity index is 1.80. The Kier molecular flexibility index (Phi) is 6.01. The zero-order valence-corrected chi connectivity index (χ0v) is 13.7. The van der Waals surface area contributed by atoms with Gasteiger partial charge in [-0.1, -0.05) is 0 Å². The normalized spacial score (nSPS) is 10.4. The van der Waals surface area contributed by atoms with Crippen molar-refractivity contribution in [1.29, 1.82) is 0 Å². The summed E-state index contributed by atoms with van der Waals surface area (Å²) >= 11 is 1.36. The van der Waals surface area contributed by atoms with Crippen LogP contribution in [0.1, 0.15) is 13.3 Å². The Hall–Kier alpha value is -2.75. The van der Waals surface area contributed by atoms with E-state index in [0.717, 1.165) is 0 Å². The summed E-state index contributed by atoms with van der Waals surface area (Å²) in [5.41, 5.74) is -0.233. The van der Waals surface area contributed by atoms with Gasteiger partial charge in [-0.15, -0.1) is 11.3 Å². The smallest absolute Gasteiger partial charge is 0.321 e. The second-order valence-electron chi connectivity index (χ2n) is 4.70. The summed E-state index contributed by atoms with van der Waals surface area (Å²) < 4.78 is 6.06. The number of hydrogen-bond donors (Lipinski definition) is 2. The lowest BCUT2D eigenvalue weighted by atomic mass is 10.4. The number of esters is 1. The number of rotatable bonds is 6. The van der Waals surface area contributed by atoms with Gasteiger partial charge in [-0.25, -0.2) is 9.78 Å². The van der Waals surface area contributed by atoms with Crippen LogP contribution in [0.5, 0.6) is 0 Å². The third-order valence-corrected chi connectivity index (χ3v) is 3.78. The van der Waals surface area contributed by atoms with E-state index in [2.05, 4.69) is 10.3 Å². The average molecular weight is 352 g/mol. The van der Waals surface area contributed by atoms with Crippen LogP contribution >= 0.6 is 11.3 Å². The molecule has 0 spiro atoms. The fourth-order valence-corrected chi connectivity index (χ4v) is 2.57. The molecular formula is C14H16N4O5S. The predicted octanol–water partition coefficient (Wildman–Crippen LogP) is 0.237. The molecule has 2 aromatic heterocycles. The van der Waals surface area contributed by atoms with Crippen molar-refractivity contribution in [2.75, 3.05) is 13.2 Å². The molecule has 0 radical (unpaired) electrons. The number of ether oxygens (including phenoxy) is 1. The summed E-state index contributed by atoms with van der Waals surface area (Å²) in [6.07, 6.45) is 1.28. The van der Waals surface area contributed by atoms with E-state index in [0.29, 0.717) is 16.8 Å². The van der Waals surface area contributed by atoms with Crippen molar-refractivity contribution in [2.24, 2.45) is 0 Å². The van der Waals surface area contributed by atoms with E-state index in [9.17, 15) is 19.2 Å². The number of aromatic nitrogens is 2. The first-order valence-corrected chi connectivity index (χ1v) is 8.05. The number of thiophene rings is 1. The first-order chi connectivity index (χ1) is 11.5. The van der Waals surface area contributed by atoms with Gasteiger partial charge in [0.05, 0.1) is 18.1 Å². The highest BCUT2D eigenvalue weighted by atomic mass is 32.1. The molecule has 0 aliphatic carbocycles. The van der Waals surface area contributed by atoms with Gasteiger partial charge in [0, 0.05) is 13.1 Å². The molecule has 0 fully saturated rings. The molecule has 24 heavy (non-hydrogen) atoms. The highest BCUT2D eigenvalue weighted by Crippen LogP contribution is 2.13. The van der Waals surface area contributed by atoms with Crippen molar-refractivity contribution in [3.63, 3.8) is 0 Å². The van der Waals surface area contributed by atoms with Crippen LogP contribution in [0.3, 0.4) is 0 Å². The number of imide groups is 1. The van der Waals surface area contributed by atoms with E-state index in [1.807, 2.05) is 5.32 Å². The Bertz CT molecular complexity index is 813. The standard InChI is InChI=1S/C14H16N4O5S/c1-2-15-14(22)17-10(19)7-23-11(20)3-5-18-8-16-12-9(13(18)21)4-6-24-12/h4,6,8H,2-3,5,7H2,1H3,(H2,15,17,19,22). The molecule has 0 aliphatic rings. The van der Waals surface area contributed by atoms with Crippen LogP contribution in [-0.4, -0.2) is 40.6 Å². The predicted molar refractivity (Wildman–Crippen MR) is 86.7 cm³/mol. The van der Waals surface area contributed by atoms with Gasteiger partial charge in [0.2, 0.25) is 0 Å². The van der Waals surface area contributed by atoms with E-state index in [1.54, 1.807) is 18.4 Å². The average Bonchev–Trinajstić information content (AvgIpc) is 3.02. The van der Waals surface area contributed by atoms with Gasteiger partial charge in [-0.2, -0.15) is 0 Å². The maximum atomic E-state index is 12.1. The van der Waals surface area contributed by atoms with Gasteiger partial charge < -0.3 is 10.1 Å². The highest BCUT2D eigenvalue weighted by Gasteiger charge is 2.11. The lowest BCUT2D eigenvalue weighted by Gasteiger charge is -2.07. The molecule has 9 nitrogen and oxygen atoms in total. The zero-order chi connectivity index (χ0) is 17.5. The maximum absolute atomic E-state index is 12.1. The Morgan fingerprint density at radius 3 is 2.92 bits per heavy atom. The number of carbonyl (C=O) groups is 3. The highest BCUT2D eigenvalue weighted by molar-refractivity contribution is 7.16. The van der Waals surface area contributed by atoms with Crippen LogP contribution in [0.25, 0.3) is 10.2 Å². The molecule has 0 unspecified atom stereocenters. The Morgan fingerprint density at radius 1 is 1.38 bits per heavy atom. The van der Waals surface area contributed by atoms with Gasteiger partial charge in [0.15, 0.2) is 6.61 Å². The van der Waals surface area contributed by atoms with E-state index in [-0.39, 0.29) is 18.5 Å². The largest absolute Gasteiger partial charge is 0.456 e. The molecule has 0 bridgehead atoms. The number of urea groups is 1. The van der Waals surface area contributed by atoms with Crippen molar-refractivity contribution in [2.45, 2.75) is 19.9 Å². The molecule has 2 N–H and O–H groups in total. The van der Waals surface area contributed by atoms with Crippen LogP contribution in [0.15, 0.2) is 22.6 Å². The number of carbonyl (C=O) groups excluding carboxylic acids is 3. The minimum Gasteiger partial charge on any atom is -0.456 e. The molecule has 2 heterocycles. The molecule has 3 amide bonds.